The van der Waals surface area contributed by atoms with Gasteiger partial charge in [0.25, 0.3) is 0 Å². The number of nitrogens with one attached hydrogen (secondary N) is 1. The van der Waals surface area contributed by atoms with Gasteiger partial charge in [0.2, 0.25) is 0 Å². The SMILES string of the molecule is C[C@H]1C[C@@H](O)CCN1.Cl. The molecule has 1 rings (SSSR count). The lowest BCUT2D eigenvalue weighted by atomic mass is 10.0. The summed E-state index contributed by atoms with van der Waals surface area (Å²) in [5.74, 6) is 0. The van der Waals surface area contributed by atoms with Gasteiger partial charge in [-0.3, -0.25) is 0 Å². The highest BCUT2D eigenvalue weighted by atomic mass is 35.5. The van der Waals surface area contributed by atoms with Gasteiger partial charge in [-0.2, -0.15) is 0 Å². The molecule has 0 aromatic rings. The molecule has 1 aliphatic rings. The maximum atomic E-state index is 9.04. The molecular weight excluding hydrogens is 138 g/mol. The number of hydrogen-bond donors (Lipinski definition) is 2. The Bertz CT molecular complexity index is 71.5. The lowest BCUT2D eigenvalue weighted by Gasteiger charge is -2.23. The van der Waals surface area contributed by atoms with Gasteiger partial charge >= 0.3 is 0 Å². The van der Waals surface area contributed by atoms with Gasteiger partial charge in [-0.05, 0) is 26.3 Å². The third-order valence-corrected chi connectivity index (χ3v) is 1.60. The van der Waals surface area contributed by atoms with E-state index in [1.807, 2.05) is 0 Å². The Morgan fingerprint density at radius 1 is 1.56 bits per heavy atom. The van der Waals surface area contributed by atoms with Crippen molar-refractivity contribution in [3.63, 3.8) is 0 Å². The molecule has 1 heterocycles. The minimum absolute atomic E-state index is 0. The lowest BCUT2D eigenvalue weighted by molar-refractivity contribution is 0.120. The van der Waals surface area contributed by atoms with Crippen molar-refractivity contribution >= 4 is 12.4 Å². The summed E-state index contributed by atoms with van der Waals surface area (Å²) in [5.41, 5.74) is 0. The molecule has 2 nitrogen and oxygen atoms in total. The molecule has 0 unspecified atom stereocenters. The summed E-state index contributed by atoms with van der Waals surface area (Å²) in [7, 11) is 0. The van der Waals surface area contributed by atoms with E-state index < -0.39 is 0 Å². The first-order valence-corrected chi connectivity index (χ1v) is 3.20. The van der Waals surface area contributed by atoms with Gasteiger partial charge < -0.3 is 10.4 Å². The van der Waals surface area contributed by atoms with Crippen LogP contribution in [-0.2, 0) is 0 Å². The topological polar surface area (TPSA) is 32.3 Å². The van der Waals surface area contributed by atoms with E-state index in [1.165, 1.54) is 0 Å². The Morgan fingerprint density at radius 2 is 2.22 bits per heavy atom. The average Bonchev–Trinajstić information content (AvgIpc) is 1.64. The minimum Gasteiger partial charge on any atom is -0.393 e. The first-order valence-electron chi connectivity index (χ1n) is 3.20. The third kappa shape index (κ3) is 3.04. The van der Waals surface area contributed by atoms with Gasteiger partial charge in [0.15, 0.2) is 0 Å². The maximum absolute atomic E-state index is 9.04. The van der Waals surface area contributed by atoms with Gasteiger partial charge in [-0.25, -0.2) is 0 Å². The molecule has 0 radical (unpaired) electrons. The van der Waals surface area contributed by atoms with Crippen molar-refractivity contribution in [1.29, 1.82) is 0 Å². The van der Waals surface area contributed by atoms with Crippen LogP contribution in [0.15, 0.2) is 0 Å². The van der Waals surface area contributed by atoms with Crippen LogP contribution < -0.4 is 5.32 Å². The van der Waals surface area contributed by atoms with E-state index in [4.69, 9.17) is 5.11 Å². The molecule has 1 fully saturated rings. The summed E-state index contributed by atoms with van der Waals surface area (Å²) >= 11 is 0. The highest BCUT2D eigenvalue weighted by molar-refractivity contribution is 5.85. The fraction of sp³-hybridized carbons (Fsp3) is 1.00. The fourth-order valence-electron chi connectivity index (χ4n) is 1.11. The van der Waals surface area contributed by atoms with Gasteiger partial charge in [0.05, 0.1) is 6.10 Å². The van der Waals surface area contributed by atoms with Crippen LogP contribution in [0.1, 0.15) is 19.8 Å². The van der Waals surface area contributed by atoms with E-state index in [2.05, 4.69) is 12.2 Å². The predicted octanol–water partition coefficient (Wildman–Crippen LogP) is 0.541. The number of hydrogen-bond acceptors (Lipinski definition) is 2. The Labute approximate surface area is 62.1 Å². The third-order valence-electron chi connectivity index (χ3n) is 1.60. The van der Waals surface area contributed by atoms with Gasteiger partial charge in [-0.15, -0.1) is 12.4 Å². The second-order valence-electron chi connectivity index (χ2n) is 2.53. The van der Waals surface area contributed by atoms with Crippen molar-refractivity contribution in [2.75, 3.05) is 6.54 Å². The Hall–Kier alpha value is 0.210. The van der Waals surface area contributed by atoms with Gasteiger partial charge in [0, 0.05) is 6.04 Å². The maximum Gasteiger partial charge on any atom is 0.0567 e. The standard InChI is InChI=1S/C6H13NO.ClH/c1-5-4-6(8)2-3-7-5;/h5-8H,2-4H2,1H3;1H/t5-,6-;/m0./s1. The summed E-state index contributed by atoms with van der Waals surface area (Å²) in [6.07, 6.45) is 1.79. The summed E-state index contributed by atoms with van der Waals surface area (Å²) < 4.78 is 0. The van der Waals surface area contributed by atoms with E-state index >= 15 is 0 Å². The van der Waals surface area contributed by atoms with Gasteiger partial charge in [0.1, 0.15) is 0 Å². The second-order valence-corrected chi connectivity index (χ2v) is 2.53. The summed E-state index contributed by atoms with van der Waals surface area (Å²) in [6, 6.07) is 0.513. The molecule has 0 aromatic carbocycles. The highest BCUT2D eigenvalue weighted by Crippen LogP contribution is 2.06. The average molecular weight is 152 g/mol. The molecule has 9 heavy (non-hydrogen) atoms. The predicted molar refractivity (Wildman–Crippen MR) is 40.0 cm³/mol. The first kappa shape index (κ1) is 9.21. The zero-order valence-corrected chi connectivity index (χ0v) is 6.45. The molecule has 2 atom stereocenters. The normalized spacial score (nSPS) is 35.3. The Morgan fingerprint density at radius 3 is 2.56 bits per heavy atom. The second kappa shape index (κ2) is 4.09. The molecule has 0 amide bonds. The van der Waals surface area contributed by atoms with E-state index in [-0.39, 0.29) is 18.5 Å². The van der Waals surface area contributed by atoms with E-state index in [1.54, 1.807) is 0 Å². The number of aliphatic hydroxyl groups excluding tert-OH is 1. The van der Waals surface area contributed by atoms with Crippen LogP contribution in [0.25, 0.3) is 0 Å². The van der Waals surface area contributed by atoms with Crippen molar-refractivity contribution in [2.24, 2.45) is 0 Å². The molecule has 3 heteroatoms. The van der Waals surface area contributed by atoms with Crippen molar-refractivity contribution in [3.05, 3.63) is 0 Å². The fourth-order valence-corrected chi connectivity index (χ4v) is 1.11. The van der Waals surface area contributed by atoms with Crippen LogP contribution in [0.4, 0.5) is 0 Å². The van der Waals surface area contributed by atoms with Crippen LogP contribution in [0.5, 0.6) is 0 Å². The lowest BCUT2D eigenvalue weighted by Crippen LogP contribution is -2.37. The molecule has 0 saturated carbocycles. The van der Waals surface area contributed by atoms with Crippen LogP contribution in [-0.4, -0.2) is 23.8 Å². The van der Waals surface area contributed by atoms with Gasteiger partial charge in [-0.1, -0.05) is 0 Å². The molecule has 0 aliphatic carbocycles. The van der Waals surface area contributed by atoms with E-state index in [0.29, 0.717) is 6.04 Å². The van der Waals surface area contributed by atoms with Crippen LogP contribution in [0.2, 0.25) is 0 Å². The van der Waals surface area contributed by atoms with Crippen LogP contribution in [0, 0.1) is 0 Å². The Balaban J connectivity index is 0.000000640. The summed E-state index contributed by atoms with van der Waals surface area (Å²) in [5, 5.41) is 12.3. The quantitative estimate of drug-likeness (QED) is 0.530. The van der Waals surface area contributed by atoms with Crippen LogP contribution >= 0.6 is 12.4 Å². The molecule has 56 valence electrons. The van der Waals surface area contributed by atoms with E-state index in [9.17, 15) is 0 Å². The van der Waals surface area contributed by atoms with Crippen LogP contribution in [0.3, 0.4) is 0 Å². The molecule has 2 N–H and O–H groups in total. The smallest absolute Gasteiger partial charge is 0.0567 e. The van der Waals surface area contributed by atoms with Crippen molar-refractivity contribution < 1.29 is 5.11 Å². The zero-order chi connectivity index (χ0) is 5.98. The molecule has 1 saturated heterocycles. The molecular formula is C6H14ClNO. The number of aliphatic hydroxyl groups is 1. The zero-order valence-electron chi connectivity index (χ0n) is 5.63. The highest BCUT2D eigenvalue weighted by Gasteiger charge is 2.14. The molecule has 1 aliphatic heterocycles. The minimum atomic E-state index is -0.0498. The monoisotopic (exact) mass is 151 g/mol. The van der Waals surface area contributed by atoms with E-state index in [0.717, 1.165) is 19.4 Å². The number of rotatable bonds is 0. The largest absolute Gasteiger partial charge is 0.393 e. The van der Waals surface area contributed by atoms with Crippen molar-refractivity contribution in [3.8, 4) is 0 Å². The van der Waals surface area contributed by atoms with Crippen molar-refractivity contribution in [2.45, 2.75) is 31.9 Å². The summed E-state index contributed by atoms with van der Waals surface area (Å²) in [4.78, 5) is 0. The number of halogens is 1. The molecule has 0 bridgehead atoms. The summed E-state index contributed by atoms with van der Waals surface area (Å²) in [6.45, 7) is 3.07. The number of piperidine rings is 1. The first-order chi connectivity index (χ1) is 3.79. The Kier molecular flexibility index (Phi) is 4.19. The molecule has 0 spiro atoms. The molecule has 0 aromatic heterocycles. The van der Waals surface area contributed by atoms with Crippen molar-refractivity contribution in [1.82, 2.24) is 5.32 Å².